The minimum absolute atomic E-state index is 0.0946. The molecular weight excluding hydrogens is 270 g/mol. The molecule has 0 amide bonds. The fraction of sp³-hybridized carbons (Fsp3) is 0.500. The quantitative estimate of drug-likeness (QED) is 0.840. The first kappa shape index (κ1) is 13.1. The van der Waals surface area contributed by atoms with Crippen LogP contribution in [0.5, 0.6) is 0 Å². The molecule has 0 heterocycles. The van der Waals surface area contributed by atoms with Crippen LogP contribution in [0.3, 0.4) is 0 Å². The second kappa shape index (κ2) is 5.92. The Morgan fingerprint density at radius 2 is 2.00 bits per heavy atom. The van der Waals surface area contributed by atoms with E-state index >= 15 is 0 Å². The molecule has 3 heteroatoms. The summed E-state index contributed by atoms with van der Waals surface area (Å²) in [6.07, 6.45) is 0. The molecule has 1 rings (SSSR count). The van der Waals surface area contributed by atoms with Gasteiger partial charge in [-0.2, -0.15) is 0 Å². The normalized spacial score (nSPS) is 13.2. The number of thioether (sulfide) groups is 1. The van der Waals surface area contributed by atoms with Crippen LogP contribution in [-0.2, 0) is 0 Å². The molecular formula is C12H18BrNS. The molecule has 15 heavy (non-hydrogen) atoms. The SMILES string of the molecule is CC(C)CSc1ccc(Br)cc1C(C)N. The Kier molecular flexibility index (Phi) is 5.16. The van der Waals surface area contributed by atoms with Gasteiger partial charge in [0.25, 0.3) is 0 Å². The summed E-state index contributed by atoms with van der Waals surface area (Å²) in [6, 6.07) is 6.44. The summed E-state index contributed by atoms with van der Waals surface area (Å²) < 4.78 is 1.10. The van der Waals surface area contributed by atoms with Crippen molar-refractivity contribution in [2.75, 3.05) is 5.75 Å². The minimum atomic E-state index is 0.0946. The van der Waals surface area contributed by atoms with Gasteiger partial charge in [-0.1, -0.05) is 29.8 Å². The smallest absolute Gasteiger partial charge is 0.0277 e. The molecule has 0 saturated carbocycles. The molecule has 0 bridgehead atoms. The molecule has 1 nitrogen and oxygen atoms in total. The van der Waals surface area contributed by atoms with E-state index in [2.05, 4.69) is 48.0 Å². The van der Waals surface area contributed by atoms with Crippen LogP contribution in [-0.4, -0.2) is 5.75 Å². The monoisotopic (exact) mass is 287 g/mol. The Hall–Kier alpha value is 0.01000. The van der Waals surface area contributed by atoms with Crippen molar-refractivity contribution in [2.45, 2.75) is 31.7 Å². The van der Waals surface area contributed by atoms with Gasteiger partial charge < -0.3 is 5.73 Å². The first-order chi connectivity index (χ1) is 7.00. The van der Waals surface area contributed by atoms with Gasteiger partial charge in [0, 0.05) is 21.2 Å². The fourth-order valence-electron chi connectivity index (χ4n) is 1.26. The van der Waals surface area contributed by atoms with Gasteiger partial charge in [0.15, 0.2) is 0 Å². The summed E-state index contributed by atoms with van der Waals surface area (Å²) in [5, 5.41) is 0. The molecule has 0 spiro atoms. The molecule has 0 aliphatic heterocycles. The number of halogens is 1. The maximum atomic E-state index is 5.96. The van der Waals surface area contributed by atoms with Crippen molar-refractivity contribution in [1.29, 1.82) is 0 Å². The van der Waals surface area contributed by atoms with Crippen molar-refractivity contribution < 1.29 is 0 Å². The number of benzene rings is 1. The Morgan fingerprint density at radius 1 is 1.33 bits per heavy atom. The maximum absolute atomic E-state index is 5.96. The highest BCUT2D eigenvalue weighted by Crippen LogP contribution is 2.30. The third kappa shape index (κ3) is 4.17. The molecule has 1 atom stereocenters. The maximum Gasteiger partial charge on any atom is 0.0277 e. The van der Waals surface area contributed by atoms with Gasteiger partial charge in [0.05, 0.1) is 0 Å². The van der Waals surface area contributed by atoms with Crippen LogP contribution in [0.1, 0.15) is 32.4 Å². The minimum Gasteiger partial charge on any atom is -0.324 e. The molecule has 0 saturated heterocycles. The van der Waals surface area contributed by atoms with E-state index in [1.165, 1.54) is 10.5 Å². The van der Waals surface area contributed by atoms with Crippen molar-refractivity contribution in [3.63, 3.8) is 0 Å². The molecule has 1 aromatic carbocycles. The van der Waals surface area contributed by atoms with Crippen molar-refractivity contribution in [2.24, 2.45) is 11.7 Å². The van der Waals surface area contributed by atoms with E-state index in [1.807, 2.05) is 18.7 Å². The Morgan fingerprint density at radius 3 is 2.53 bits per heavy atom. The van der Waals surface area contributed by atoms with Gasteiger partial charge in [0.2, 0.25) is 0 Å². The van der Waals surface area contributed by atoms with Crippen LogP contribution in [0.15, 0.2) is 27.6 Å². The van der Waals surface area contributed by atoms with Crippen LogP contribution >= 0.6 is 27.7 Å². The van der Waals surface area contributed by atoms with Gasteiger partial charge in [0.1, 0.15) is 0 Å². The van der Waals surface area contributed by atoms with Gasteiger partial charge in [-0.3, -0.25) is 0 Å². The highest BCUT2D eigenvalue weighted by Gasteiger charge is 2.08. The topological polar surface area (TPSA) is 26.0 Å². The van der Waals surface area contributed by atoms with Crippen LogP contribution in [0.2, 0.25) is 0 Å². The lowest BCUT2D eigenvalue weighted by atomic mass is 10.1. The lowest BCUT2D eigenvalue weighted by Gasteiger charge is -2.13. The number of hydrogen-bond acceptors (Lipinski definition) is 2. The highest BCUT2D eigenvalue weighted by atomic mass is 79.9. The number of rotatable bonds is 4. The first-order valence-corrected chi connectivity index (χ1v) is 6.96. The van der Waals surface area contributed by atoms with Crippen LogP contribution in [0.25, 0.3) is 0 Å². The lowest BCUT2D eigenvalue weighted by molar-refractivity contribution is 0.748. The summed E-state index contributed by atoms with van der Waals surface area (Å²) in [6.45, 7) is 6.50. The summed E-state index contributed by atoms with van der Waals surface area (Å²) in [5.74, 6) is 1.85. The van der Waals surface area contributed by atoms with E-state index in [0.717, 1.165) is 10.2 Å². The average Bonchev–Trinajstić information content (AvgIpc) is 2.15. The molecule has 1 aromatic rings. The van der Waals surface area contributed by atoms with E-state index in [1.54, 1.807) is 0 Å². The van der Waals surface area contributed by atoms with Crippen LogP contribution in [0.4, 0.5) is 0 Å². The third-order valence-corrected chi connectivity index (χ3v) is 4.04. The van der Waals surface area contributed by atoms with Crippen molar-refractivity contribution in [1.82, 2.24) is 0 Å². The van der Waals surface area contributed by atoms with Crippen LogP contribution in [0, 0.1) is 5.92 Å². The average molecular weight is 288 g/mol. The van der Waals surface area contributed by atoms with Crippen molar-refractivity contribution >= 4 is 27.7 Å². The highest BCUT2D eigenvalue weighted by molar-refractivity contribution is 9.10. The van der Waals surface area contributed by atoms with Gasteiger partial charge in [-0.15, -0.1) is 11.8 Å². The van der Waals surface area contributed by atoms with E-state index in [0.29, 0.717) is 5.92 Å². The second-order valence-electron chi connectivity index (χ2n) is 4.18. The lowest BCUT2D eigenvalue weighted by Crippen LogP contribution is -2.06. The summed E-state index contributed by atoms with van der Waals surface area (Å²) in [7, 11) is 0. The van der Waals surface area contributed by atoms with Crippen molar-refractivity contribution in [3.8, 4) is 0 Å². The molecule has 0 aliphatic rings. The molecule has 0 fully saturated rings. The zero-order valence-corrected chi connectivity index (χ0v) is 11.9. The zero-order valence-electron chi connectivity index (χ0n) is 9.46. The van der Waals surface area contributed by atoms with E-state index in [9.17, 15) is 0 Å². The Bertz CT molecular complexity index is 323. The first-order valence-electron chi connectivity index (χ1n) is 5.18. The largest absolute Gasteiger partial charge is 0.324 e. The third-order valence-electron chi connectivity index (χ3n) is 2.03. The van der Waals surface area contributed by atoms with Gasteiger partial charge >= 0.3 is 0 Å². The van der Waals surface area contributed by atoms with Crippen molar-refractivity contribution in [3.05, 3.63) is 28.2 Å². The summed E-state index contributed by atoms with van der Waals surface area (Å²) in [5.41, 5.74) is 7.19. The summed E-state index contributed by atoms with van der Waals surface area (Å²) in [4.78, 5) is 1.31. The zero-order chi connectivity index (χ0) is 11.4. The van der Waals surface area contributed by atoms with Gasteiger partial charge in [-0.25, -0.2) is 0 Å². The molecule has 1 unspecified atom stereocenters. The van der Waals surface area contributed by atoms with Gasteiger partial charge in [-0.05, 0) is 36.6 Å². The molecule has 0 aliphatic carbocycles. The number of nitrogens with two attached hydrogens (primary N) is 1. The van der Waals surface area contributed by atoms with E-state index in [-0.39, 0.29) is 6.04 Å². The standard InChI is InChI=1S/C12H18BrNS/c1-8(2)7-15-12-5-4-10(13)6-11(12)9(3)14/h4-6,8-9H,7,14H2,1-3H3. The number of hydrogen-bond donors (Lipinski definition) is 1. The van der Waals surface area contributed by atoms with E-state index < -0.39 is 0 Å². The molecule has 84 valence electrons. The summed E-state index contributed by atoms with van der Waals surface area (Å²) >= 11 is 5.37. The predicted octanol–water partition coefficient (Wildman–Crippen LogP) is 4.22. The molecule has 2 N–H and O–H groups in total. The molecule has 0 radical (unpaired) electrons. The Labute approximate surface area is 105 Å². The predicted molar refractivity (Wildman–Crippen MR) is 72.3 cm³/mol. The second-order valence-corrected chi connectivity index (χ2v) is 6.15. The molecule has 0 aromatic heterocycles. The van der Waals surface area contributed by atoms with E-state index in [4.69, 9.17) is 5.73 Å². The fourth-order valence-corrected chi connectivity index (χ4v) is 2.73. The van der Waals surface area contributed by atoms with Crippen LogP contribution < -0.4 is 5.73 Å². The Balaban J connectivity index is 2.86.